The van der Waals surface area contributed by atoms with Crippen molar-refractivity contribution in [3.8, 4) is 17.0 Å². The van der Waals surface area contributed by atoms with Gasteiger partial charge in [0, 0.05) is 44.9 Å². The van der Waals surface area contributed by atoms with Crippen LogP contribution in [-0.2, 0) is 19.6 Å². The number of anilines is 1. The molecular formula is C29H35N5O5S. The molecule has 1 amide bonds. The molecular weight excluding hydrogens is 530 g/mol. The minimum Gasteiger partial charge on any atom is -0.497 e. The van der Waals surface area contributed by atoms with E-state index < -0.39 is 10.0 Å². The molecule has 11 heteroatoms. The first kappa shape index (κ1) is 28.0. The van der Waals surface area contributed by atoms with Crippen LogP contribution in [0.1, 0.15) is 18.4 Å². The summed E-state index contributed by atoms with van der Waals surface area (Å²) in [5, 5.41) is 8.81. The Morgan fingerprint density at radius 2 is 1.73 bits per heavy atom. The topological polar surface area (TPSA) is 105 Å². The van der Waals surface area contributed by atoms with Crippen molar-refractivity contribution in [1.29, 1.82) is 0 Å². The second-order valence-corrected chi connectivity index (χ2v) is 12.1. The van der Waals surface area contributed by atoms with Gasteiger partial charge in [0.25, 0.3) is 0 Å². The van der Waals surface area contributed by atoms with Crippen molar-refractivity contribution in [2.24, 2.45) is 0 Å². The van der Waals surface area contributed by atoms with Gasteiger partial charge in [-0.15, -0.1) is 10.2 Å². The third kappa shape index (κ3) is 6.43. The summed E-state index contributed by atoms with van der Waals surface area (Å²) in [7, 11) is -2.38. The van der Waals surface area contributed by atoms with E-state index in [0.717, 1.165) is 29.9 Å². The molecule has 1 unspecified atom stereocenters. The maximum absolute atomic E-state index is 13.6. The first-order chi connectivity index (χ1) is 19.3. The Morgan fingerprint density at radius 3 is 2.33 bits per heavy atom. The highest BCUT2D eigenvalue weighted by Gasteiger charge is 2.33. The van der Waals surface area contributed by atoms with Gasteiger partial charge >= 0.3 is 0 Å². The Bertz CT molecular complexity index is 1380. The van der Waals surface area contributed by atoms with Crippen molar-refractivity contribution in [1.82, 2.24) is 19.4 Å². The van der Waals surface area contributed by atoms with Crippen LogP contribution in [0.25, 0.3) is 11.3 Å². The van der Waals surface area contributed by atoms with Gasteiger partial charge in [-0.3, -0.25) is 4.79 Å². The van der Waals surface area contributed by atoms with Crippen molar-refractivity contribution in [2.75, 3.05) is 57.9 Å². The fourth-order valence-corrected chi connectivity index (χ4v) is 6.39. The van der Waals surface area contributed by atoms with Crippen molar-refractivity contribution in [2.45, 2.75) is 30.8 Å². The third-order valence-corrected chi connectivity index (χ3v) is 9.22. The van der Waals surface area contributed by atoms with Gasteiger partial charge < -0.3 is 19.3 Å². The summed E-state index contributed by atoms with van der Waals surface area (Å²) in [6.07, 6.45) is 1.43. The maximum atomic E-state index is 13.6. The molecule has 2 aromatic carbocycles. The van der Waals surface area contributed by atoms with Crippen LogP contribution < -0.4 is 9.64 Å². The number of nitrogens with zero attached hydrogens (tertiary/aromatic N) is 5. The van der Waals surface area contributed by atoms with E-state index in [1.807, 2.05) is 43.3 Å². The van der Waals surface area contributed by atoms with Gasteiger partial charge in [-0.25, -0.2) is 8.42 Å². The van der Waals surface area contributed by atoms with E-state index in [1.165, 1.54) is 29.1 Å². The molecule has 0 radical (unpaired) electrons. The predicted molar refractivity (Wildman–Crippen MR) is 152 cm³/mol. The van der Waals surface area contributed by atoms with Crippen molar-refractivity contribution in [3.63, 3.8) is 0 Å². The number of aryl methyl sites for hydroxylation is 1. The number of aromatic nitrogens is 2. The molecule has 1 aromatic heterocycles. The highest BCUT2D eigenvalue weighted by Crippen LogP contribution is 2.23. The fourth-order valence-electron chi connectivity index (χ4n) is 4.97. The second kappa shape index (κ2) is 12.3. The van der Waals surface area contributed by atoms with Crippen molar-refractivity contribution < 1.29 is 22.7 Å². The highest BCUT2D eigenvalue weighted by atomic mass is 32.2. The molecule has 5 rings (SSSR count). The molecule has 2 aliphatic rings. The van der Waals surface area contributed by atoms with E-state index in [0.29, 0.717) is 38.5 Å². The summed E-state index contributed by atoms with van der Waals surface area (Å²) in [6, 6.07) is 18.3. The molecule has 0 aliphatic carbocycles. The van der Waals surface area contributed by atoms with Crippen LogP contribution in [0.5, 0.6) is 5.75 Å². The summed E-state index contributed by atoms with van der Waals surface area (Å²) in [5.41, 5.74) is 3.01. The largest absolute Gasteiger partial charge is 0.497 e. The monoisotopic (exact) mass is 565 g/mol. The lowest BCUT2D eigenvalue weighted by molar-refractivity contribution is -0.131. The number of carbonyl (C=O) groups is 1. The zero-order valence-corrected chi connectivity index (χ0v) is 23.7. The van der Waals surface area contributed by atoms with Gasteiger partial charge in [0.2, 0.25) is 15.9 Å². The van der Waals surface area contributed by atoms with E-state index in [9.17, 15) is 13.2 Å². The fraction of sp³-hybridized carbons (Fsp3) is 0.414. The number of carbonyl (C=O) groups excluding carboxylic acids is 1. The minimum atomic E-state index is -3.91. The molecule has 0 spiro atoms. The van der Waals surface area contributed by atoms with Gasteiger partial charge in [-0.2, -0.15) is 4.31 Å². The van der Waals surface area contributed by atoms with E-state index in [4.69, 9.17) is 9.47 Å². The quantitative estimate of drug-likeness (QED) is 0.390. The molecule has 2 saturated heterocycles. The predicted octanol–water partition coefficient (Wildman–Crippen LogP) is 2.98. The summed E-state index contributed by atoms with van der Waals surface area (Å²) in [6.45, 7) is 4.66. The van der Waals surface area contributed by atoms with Crippen LogP contribution in [0.3, 0.4) is 0 Å². The van der Waals surface area contributed by atoms with Crippen LogP contribution in [0.2, 0.25) is 0 Å². The minimum absolute atomic E-state index is 0.122. The Labute approximate surface area is 235 Å². The van der Waals surface area contributed by atoms with Crippen LogP contribution in [0.4, 0.5) is 5.82 Å². The van der Waals surface area contributed by atoms with Crippen molar-refractivity contribution in [3.05, 3.63) is 66.2 Å². The number of sulfonamides is 1. The van der Waals surface area contributed by atoms with Crippen LogP contribution in [0.15, 0.2) is 65.6 Å². The second-order valence-electron chi connectivity index (χ2n) is 10.1. The molecule has 3 aromatic rings. The molecule has 1 atom stereocenters. The number of hydrogen-bond donors (Lipinski definition) is 0. The SMILES string of the molecule is COc1ccc(S(=O)(=O)N(CC(=O)N2CCN(c3ccc(-c4ccc(C)cc4)nn3)CC2)CC2CCCO2)cc1. The van der Waals surface area contributed by atoms with E-state index in [2.05, 4.69) is 15.1 Å². The number of rotatable bonds is 9. The lowest BCUT2D eigenvalue weighted by Crippen LogP contribution is -2.52. The lowest BCUT2D eigenvalue weighted by Gasteiger charge is -2.36. The zero-order valence-electron chi connectivity index (χ0n) is 22.9. The average molecular weight is 566 g/mol. The van der Waals surface area contributed by atoms with E-state index in [-0.39, 0.29) is 30.0 Å². The molecule has 40 heavy (non-hydrogen) atoms. The summed E-state index contributed by atoms with van der Waals surface area (Å²) >= 11 is 0. The van der Waals surface area contributed by atoms with E-state index in [1.54, 1.807) is 17.0 Å². The smallest absolute Gasteiger partial charge is 0.243 e. The molecule has 3 heterocycles. The Morgan fingerprint density at radius 1 is 1.00 bits per heavy atom. The number of benzene rings is 2. The molecule has 0 bridgehead atoms. The Balaban J connectivity index is 1.22. The van der Waals surface area contributed by atoms with Gasteiger partial charge in [0.05, 0.1) is 30.3 Å². The Kier molecular flexibility index (Phi) is 8.63. The first-order valence-corrected chi connectivity index (χ1v) is 15.0. The summed E-state index contributed by atoms with van der Waals surface area (Å²) < 4.78 is 39.2. The van der Waals surface area contributed by atoms with Gasteiger partial charge in [-0.05, 0) is 56.2 Å². The lowest BCUT2D eigenvalue weighted by atomic mass is 10.1. The van der Waals surface area contributed by atoms with Gasteiger partial charge in [0.1, 0.15) is 5.75 Å². The highest BCUT2D eigenvalue weighted by molar-refractivity contribution is 7.89. The number of piperazine rings is 1. The maximum Gasteiger partial charge on any atom is 0.243 e. The summed E-state index contributed by atoms with van der Waals surface area (Å²) in [5.74, 6) is 1.09. The normalized spacial score (nSPS) is 17.8. The van der Waals surface area contributed by atoms with Crippen molar-refractivity contribution >= 4 is 21.7 Å². The number of hydrogen-bond acceptors (Lipinski definition) is 8. The Hall–Kier alpha value is -3.54. The van der Waals surface area contributed by atoms with E-state index >= 15 is 0 Å². The van der Waals surface area contributed by atoms with Crippen LogP contribution in [0, 0.1) is 6.92 Å². The number of ether oxygens (including phenoxy) is 2. The number of amides is 1. The molecule has 212 valence electrons. The van der Waals surface area contributed by atoms with Crippen LogP contribution in [-0.4, -0.2) is 92.8 Å². The molecule has 2 fully saturated rings. The van der Waals surface area contributed by atoms with Gasteiger partial charge in [-0.1, -0.05) is 29.8 Å². The molecule has 2 aliphatic heterocycles. The molecule has 0 saturated carbocycles. The standard InChI is InChI=1S/C29H35N5O5S/c1-22-5-7-23(8-6-22)27-13-14-28(31-30-27)32-15-17-33(18-16-32)29(35)21-34(20-25-4-3-19-39-25)40(36,37)26-11-9-24(38-2)10-12-26/h5-14,25H,3-4,15-21H2,1-2H3. The summed E-state index contributed by atoms with van der Waals surface area (Å²) in [4.78, 5) is 17.3. The molecule has 0 N–H and O–H groups in total. The molecule has 10 nitrogen and oxygen atoms in total. The first-order valence-electron chi connectivity index (χ1n) is 13.5. The zero-order chi connectivity index (χ0) is 28.1. The third-order valence-electron chi connectivity index (χ3n) is 7.39. The van der Waals surface area contributed by atoms with Crippen LogP contribution >= 0.6 is 0 Å². The van der Waals surface area contributed by atoms with Gasteiger partial charge in [0.15, 0.2) is 5.82 Å². The number of methoxy groups -OCH3 is 1. The average Bonchev–Trinajstić information content (AvgIpc) is 3.51.